The lowest BCUT2D eigenvalue weighted by Gasteiger charge is -2.28. The molecule has 0 N–H and O–H groups in total. The van der Waals surface area contributed by atoms with Gasteiger partial charge in [0.1, 0.15) is 0 Å². The number of hydrogen-bond donors (Lipinski definition) is 0. The van der Waals surface area contributed by atoms with Crippen LogP contribution in [-0.2, 0) is 38.1 Å². The summed E-state index contributed by atoms with van der Waals surface area (Å²) in [5, 5.41) is 0. The maximum absolute atomic E-state index is 14.7. The van der Waals surface area contributed by atoms with E-state index < -0.39 is 48.3 Å². The number of methoxy groups -OCH3 is 4. The van der Waals surface area contributed by atoms with Crippen LogP contribution in [-0.4, -0.2) is 64.5 Å². The van der Waals surface area contributed by atoms with E-state index in [1.807, 2.05) is 0 Å². The van der Waals surface area contributed by atoms with Crippen molar-refractivity contribution in [2.75, 3.05) is 28.4 Å². The maximum atomic E-state index is 14.7. The van der Waals surface area contributed by atoms with Crippen LogP contribution in [0.4, 0.5) is 0 Å². The lowest BCUT2D eigenvalue weighted by atomic mass is 10.0. The number of carbonyl (C=O) groups excluding carboxylic acids is 4. The van der Waals surface area contributed by atoms with E-state index in [1.54, 1.807) is 158 Å². The normalized spacial score (nSPS) is 12.0. The molecule has 0 aliphatic heterocycles. The third kappa shape index (κ3) is 12.0. The highest BCUT2D eigenvalue weighted by atomic mass is 16.6. The molecule has 12 heteroatoms. The fourth-order valence-electron chi connectivity index (χ4n) is 6.57. The molecular weight excluding hydrogens is 817 g/mol. The van der Waals surface area contributed by atoms with Gasteiger partial charge in [-0.1, -0.05) is 133 Å². The fourth-order valence-corrected chi connectivity index (χ4v) is 6.57. The van der Waals surface area contributed by atoms with Crippen molar-refractivity contribution in [1.82, 2.24) is 0 Å². The molecule has 0 radical (unpaired) electrons. The average molecular weight is 863 g/mol. The van der Waals surface area contributed by atoms with Crippen molar-refractivity contribution in [2.45, 2.75) is 24.4 Å². The van der Waals surface area contributed by atoms with Gasteiger partial charge < -0.3 is 37.9 Å². The highest BCUT2D eigenvalue weighted by Gasteiger charge is 2.44. The Labute approximate surface area is 371 Å². The first-order valence-corrected chi connectivity index (χ1v) is 20.0. The molecule has 0 heterocycles. The van der Waals surface area contributed by atoms with Crippen LogP contribution in [0.5, 0.6) is 23.0 Å². The van der Waals surface area contributed by atoms with E-state index in [2.05, 4.69) is 0 Å². The highest BCUT2D eigenvalue weighted by molar-refractivity contribution is 5.95. The first-order chi connectivity index (χ1) is 31.2. The highest BCUT2D eigenvalue weighted by Crippen LogP contribution is 2.32. The Bertz CT molecular complexity index is 2280. The molecule has 64 heavy (non-hydrogen) atoms. The second-order valence-electron chi connectivity index (χ2n) is 13.9. The number of esters is 4. The molecule has 6 rings (SSSR count). The van der Waals surface area contributed by atoms with Crippen molar-refractivity contribution in [1.29, 1.82) is 0 Å². The van der Waals surface area contributed by atoms with Crippen LogP contribution < -0.4 is 18.9 Å². The molecular formula is C52H46O12. The van der Waals surface area contributed by atoms with Gasteiger partial charge in [-0.3, -0.25) is 0 Å². The van der Waals surface area contributed by atoms with Gasteiger partial charge in [0.25, 0.3) is 0 Å². The van der Waals surface area contributed by atoms with Crippen LogP contribution in [0.25, 0.3) is 12.2 Å². The molecule has 0 aromatic heterocycles. The summed E-state index contributed by atoms with van der Waals surface area (Å²) in [6.07, 6.45) is -1.57. The van der Waals surface area contributed by atoms with Crippen LogP contribution in [0.2, 0.25) is 0 Å². The Kier molecular flexibility index (Phi) is 16.1. The van der Waals surface area contributed by atoms with Crippen LogP contribution in [0.3, 0.4) is 0 Å². The Morgan fingerprint density at radius 1 is 0.375 bits per heavy atom. The number of ether oxygens (including phenoxy) is 8. The van der Waals surface area contributed by atoms with Gasteiger partial charge in [0.2, 0.25) is 12.2 Å². The zero-order chi connectivity index (χ0) is 45.3. The maximum Gasteiger partial charge on any atom is 0.353 e. The molecule has 6 aromatic rings. The van der Waals surface area contributed by atoms with Crippen molar-refractivity contribution in [2.24, 2.45) is 0 Å². The molecule has 12 nitrogen and oxygen atoms in total. The van der Waals surface area contributed by atoms with Gasteiger partial charge in [-0.05, 0) is 69.8 Å². The number of benzene rings is 6. The molecule has 2 atom stereocenters. The second-order valence-corrected chi connectivity index (χ2v) is 13.9. The minimum Gasteiger partial charge on any atom is -0.493 e. The lowest BCUT2D eigenvalue weighted by molar-refractivity contribution is -0.191. The van der Waals surface area contributed by atoms with E-state index >= 15 is 0 Å². The molecule has 6 aromatic carbocycles. The van der Waals surface area contributed by atoms with Crippen LogP contribution in [0.1, 0.15) is 45.6 Å². The molecule has 326 valence electrons. The summed E-state index contributed by atoms with van der Waals surface area (Å²) in [5.41, 5.74) is 3.31. The van der Waals surface area contributed by atoms with Gasteiger partial charge in [0.05, 0.1) is 28.4 Å². The third-order valence-corrected chi connectivity index (χ3v) is 9.74. The predicted octanol–water partition coefficient (Wildman–Crippen LogP) is 8.94. The van der Waals surface area contributed by atoms with E-state index in [0.717, 1.165) is 12.2 Å². The van der Waals surface area contributed by atoms with E-state index in [-0.39, 0.29) is 0 Å². The zero-order valence-electron chi connectivity index (χ0n) is 35.5. The molecule has 0 fully saturated rings. The van der Waals surface area contributed by atoms with E-state index in [0.29, 0.717) is 56.4 Å². The monoisotopic (exact) mass is 862 g/mol. The Balaban J connectivity index is 1.42. The molecule has 2 unspecified atom stereocenters. The van der Waals surface area contributed by atoms with Crippen LogP contribution in [0, 0.1) is 0 Å². The number of rotatable bonds is 19. The molecule has 0 bridgehead atoms. The van der Waals surface area contributed by atoms with Crippen LogP contribution in [0.15, 0.2) is 170 Å². The van der Waals surface area contributed by atoms with Crippen molar-refractivity contribution in [3.63, 3.8) is 0 Å². The predicted molar refractivity (Wildman–Crippen MR) is 239 cm³/mol. The molecule has 0 spiro atoms. The Morgan fingerprint density at radius 2 is 0.672 bits per heavy atom. The van der Waals surface area contributed by atoms with Gasteiger partial charge in [0, 0.05) is 12.2 Å². The number of hydrogen-bond acceptors (Lipinski definition) is 12. The summed E-state index contributed by atoms with van der Waals surface area (Å²) < 4.78 is 45.4. The van der Waals surface area contributed by atoms with Crippen LogP contribution >= 0.6 is 0 Å². The largest absolute Gasteiger partial charge is 0.493 e. The Morgan fingerprint density at radius 3 is 0.953 bits per heavy atom. The van der Waals surface area contributed by atoms with Gasteiger partial charge in [-0.15, -0.1) is 0 Å². The summed E-state index contributed by atoms with van der Waals surface area (Å²) in [4.78, 5) is 57.1. The van der Waals surface area contributed by atoms with Crippen molar-refractivity contribution < 1.29 is 57.1 Å². The van der Waals surface area contributed by atoms with Crippen molar-refractivity contribution in [3.8, 4) is 23.0 Å². The molecule has 0 aliphatic rings. The van der Waals surface area contributed by atoms with Gasteiger partial charge in [-0.25, -0.2) is 19.2 Å². The summed E-state index contributed by atoms with van der Waals surface area (Å²) in [5.74, 6) is -2.85. The summed E-state index contributed by atoms with van der Waals surface area (Å²) in [7, 11) is 5.92. The fraction of sp³-hybridized carbons (Fsp3) is 0.154. The average Bonchev–Trinajstić information content (AvgIpc) is 3.35. The SMILES string of the molecule is COc1ccc(/C=C\C(=O)OC(C(=O)OC(c2ccccc2)c2ccccc2)C(OC(=O)/C=C/c2ccc(OC)c(OC)c2)C(=O)OC(c2ccccc2)c2ccccc2)cc1OC. The topological polar surface area (TPSA) is 142 Å². The van der Waals surface area contributed by atoms with Crippen molar-refractivity contribution in [3.05, 3.63) is 203 Å². The standard InChI is InChI=1S/C52H46O12/c1-57-41-29-25-35(33-43(41)59-3)27-31-45(53)61-49(51(55)63-47(37-17-9-5-10-18-37)38-19-11-6-12-20-38)50(62-46(54)32-28-36-26-30-42(58-2)44(34-36)60-4)52(56)64-48(39-21-13-7-14-22-39)40-23-15-8-16-24-40/h5-34,47-50H,1-4H3/b31-27-,32-28+. The van der Waals surface area contributed by atoms with Crippen molar-refractivity contribution >= 4 is 36.0 Å². The van der Waals surface area contributed by atoms with Gasteiger partial charge >= 0.3 is 23.9 Å². The smallest absolute Gasteiger partial charge is 0.353 e. The zero-order valence-corrected chi connectivity index (χ0v) is 35.5. The van der Waals surface area contributed by atoms with E-state index in [1.165, 1.54) is 40.6 Å². The third-order valence-electron chi connectivity index (χ3n) is 9.74. The van der Waals surface area contributed by atoms with E-state index in [4.69, 9.17) is 37.9 Å². The quantitative estimate of drug-likeness (QED) is 0.0436. The Hall–Kier alpha value is -8.12. The number of carbonyl (C=O) groups is 4. The second kappa shape index (κ2) is 22.6. The summed E-state index contributed by atoms with van der Waals surface area (Å²) in [6.45, 7) is 0. The minimum absolute atomic E-state index is 0.398. The first kappa shape index (κ1) is 45.4. The molecule has 0 saturated heterocycles. The van der Waals surface area contributed by atoms with Gasteiger partial charge in [0.15, 0.2) is 35.2 Å². The molecule has 0 saturated carbocycles. The molecule has 0 amide bonds. The summed E-state index contributed by atoms with van der Waals surface area (Å²) in [6, 6.07) is 45.3. The molecule has 0 aliphatic carbocycles. The minimum atomic E-state index is -2.20. The summed E-state index contributed by atoms with van der Waals surface area (Å²) >= 11 is 0. The first-order valence-electron chi connectivity index (χ1n) is 20.0. The van der Waals surface area contributed by atoms with E-state index in [9.17, 15) is 19.2 Å². The lowest BCUT2D eigenvalue weighted by Crippen LogP contribution is -2.47. The van der Waals surface area contributed by atoms with Gasteiger partial charge in [-0.2, -0.15) is 0 Å².